The van der Waals surface area contributed by atoms with E-state index in [-0.39, 0.29) is 11.5 Å². The summed E-state index contributed by atoms with van der Waals surface area (Å²) in [5.41, 5.74) is 4.93. The molecule has 1 unspecified atom stereocenters. The Labute approximate surface area is 113 Å². The van der Waals surface area contributed by atoms with Gasteiger partial charge in [-0.15, -0.1) is 0 Å². The fourth-order valence-electron chi connectivity index (χ4n) is 3.17. The van der Waals surface area contributed by atoms with E-state index in [1.165, 1.54) is 17.0 Å². The first kappa shape index (κ1) is 12.5. The standard InChI is InChI=1S/C15H21N3O/c1-10-4-12-13(5-15(2,3)6-14(12)19)18(10)9-11-7-16-17-8-11/h4,7-8,14,19H,5-6,9H2,1-3H3,(H,16,17). The van der Waals surface area contributed by atoms with Crippen LogP contribution in [-0.4, -0.2) is 19.9 Å². The Bertz CT molecular complexity index is 581. The van der Waals surface area contributed by atoms with Crippen LogP contribution in [0.25, 0.3) is 0 Å². The molecule has 1 aliphatic rings. The molecule has 0 aromatic carbocycles. The number of fused-ring (bicyclic) bond motifs is 1. The number of aromatic nitrogens is 3. The van der Waals surface area contributed by atoms with E-state index in [0.717, 1.165) is 24.9 Å². The van der Waals surface area contributed by atoms with Crippen LogP contribution in [0.5, 0.6) is 0 Å². The fraction of sp³-hybridized carbons (Fsp3) is 0.533. The van der Waals surface area contributed by atoms with Gasteiger partial charge in [0.05, 0.1) is 18.8 Å². The summed E-state index contributed by atoms with van der Waals surface area (Å²) in [6.45, 7) is 7.38. The Hall–Kier alpha value is -1.55. The van der Waals surface area contributed by atoms with Crippen LogP contribution in [0, 0.1) is 12.3 Å². The van der Waals surface area contributed by atoms with Crippen molar-refractivity contribution in [3.63, 3.8) is 0 Å². The van der Waals surface area contributed by atoms with Gasteiger partial charge in [-0.05, 0) is 31.2 Å². The average Bonchev–Trinajstić information content (AvgIpc) is 2.90. The molecule has 0 saturated heterocycles. The maximum Gasteiger partial charge on any atom is 0.0812 e. The van der Waals surface area contributed by atoms with Crippen molar-refractivity contribution in [1.29, 1.82) is 0 Å². The van der Waals surface area contributed by atoms with Gasteiger partial charge < -0.3 is 9.67 Å². The Morgan fingerprint density at radius 3 is 3.00 bits per heavy atom. The summed E-state index contributed by atoms with van der Waals surface area (Å²) >= 11 is 0. The largest absolute Gasteiger partial charge is 0.388 e. The number of rotatable bonds is 2. The Balaban J connectivity index is 2.02. The first-order chi connectivity index (χ1) is 8.96. The maximum atomic E-state index is 10.3. The van der Waals surface area contributed by atoms with Crippen LogP contribution in [0.4, 0.5) is 0 Å². The number of aryl methyl sites for hydroxylation is 1. The molecule has 1 aliphatic carbocycles. The molecule has 4 heteroatoms. The predicted octanol–water partition coefficient (Wildman–Crippen LogP) is 2.57. The molecule has 1 atom stereocenters. The van der Waals surface area contributed by atoms with Crippen molar-refractivity contribution in [2.45, 2.75) is 46.3 Å². The van der Waals surface area contributed by atoms with E-state index in [1.54, 1.807) is 0 Å². The second-order valence-electron chi connectivity index (χ2n) is 6.44. The Kier molecular flexibility index (Phi) is 2.78. The molecule has 0 fully saturated rings. The predicted molar refractivity (Wildman–Crippen MR) is 73.9 cm³/mol. The minimum atomic E-state index is -0.331. The number of aliphatic hydroxyl groups excluding tert-OH is 1. The number of nitrogens with one attached hydrogen (secondary N) is 1. The minimum Gasteiger partial charge on any atom is -0.388 e. The lowest BCUT2D eigenvalue weighted by atomic mass is 9.75. The molecule has 2 N–H and O–H groups in total. The number of aromatic amines is 1. The van der Waals surface area contributed by atoms with Gasteiger partial charge in [0.25, 0.3) is 0 Å². The topological polar surface area (TPSA) is 53.8 Å². The first-order valence-electron chi connectivity index (χ1n) is 6.81. The Morgan fingerprint density at radius 1 is 1.53 bits per heavy atom. The van der Waals surface area contributed by atoms with Gasteiger partial charge in [-0.3, -0.25) is 5.10 Å². The van der Waals surface area contributed by atoms with Crippen molar-refractivity contribution >= 4 is 0 Å². The third-order valence-electron chi connectivity index (χ3n) is 4.10. The summed E-state index contributed by atoms with van der Waals surface area (Å²) in [7, 11) is 0. The molecule has 0 bridgehead atoms. The molecule has 2 heterocycles. The number of H-pyrrole nitrogens is 1. The van der Waals surface area contributed by atoms with Gasteiger partial charge >= 0.3 is 0 Å². The molecule has 0 amide bonds. The highest BCUT2D eigenvalue weighted by Crippen LogP contribution is 2.42. The molecule has 0 spiro atoms. The van der Waals surface area contributed by atoms with E-state index in [4.69, 9.17) is 0 Å². The minimum absolute atomic E-state index is 0.158. The third-order valence-corrected chi connectivity index (χ3v) is 4.10. The summed E-state index contributed by atoms with van der Waals surface area (Å²) in [5, 5.41) is 17.2. The van der Waals surface area contributed by atoms with Crippen molar-refractivity contribution in [1.82, 2.24) is 14.8 Å². The normalized spacial score (nSPS) is 21.4. The van der Waals surface area contributed by atoms with E-state index >= 15 is 0 Å². The van der Waals surface area contributed by atoms with Crippen LogP contribution < -0.4 is 0 Å². The van der Waals surface area contributed by atoms with Gasteiger partial charge in [0.2, 0.25) is 0 Å². The van der Waals surface area contributed by atoms with Crippen molar-refractivity contribution < 1.29 is 5.11 Å². The summed E-state index contributed by atoms with van der Waals surface area (Å²) in [6, 6.07) is 2.13. The molecule has 19 heavy (non-hydrogen) atoms. The number of nitrogens with zero attached hydrogens (tertiary/aromatic N) is 2. The lowest BCUT2D eigenvalue weighted by Gasteiger charge is -2.34. The lowest BCUT2D eigenvalue weighted by molar-refractivity contribution is 0.0981. The highest BCUT2D eigenvalue weighted by molar-refractivity contribution is 5.34. The van der Waals surface area contributed by atoms with E-state index in [1.807, 2.05) is 12.4 Å². The van der Waals surface area contributed by atoms with Crippen molar-refractivity contribution in [3.8, 4) is 0 Å². The summed E-state index contributed by atoms with van der Waals surface area (Å²) < 4.78 is 2.31. The van der Waals surface area contributed by atoms with E-state index in [9.17, 15) is 5.11 Å². The fourth-order valence-corrected chi connectivity index (χ4v) is 3.17. The number of hydrogen-bond donors (Lipinski definition) is 2. The van der Waals surface area contributed by atoms with Crippen LogP contribution in [0.2, 0.25) is 0 Å². The van der Waals surface area contributed by atoms with E-state index < -0.39 is 0 Å². The zero-order valence-corrected chi connectivity index (χ0v) is 11.8. The molecular weight excluding hydrogens is 238 g/mol. The molecule has 4 nitrogen and oxygen atoms in total. The van der Waals surface area contributed by atoms with Crippen molar-refractivity contribution in [2.75, 3.05) is 0 Å². The van der Waals surface area contributed by atoms with Crippen LogP contribution in [0.3, 0.4) is 0 Å². The molecular formula is C15H21N3O. The van der Waals surface area contributed by atoms with Crippen LogP contribution >= 0.6 is 0 Å². The second-order valence-corrected chi connectivity index (χ2v) is 6.44. The quantitative estimate of drug-likeness (QED) is 0.871. The molecule has 0 saturated carbocycles. The average molecular weight is 259 g/mol. The van der Waals surface area contributed by atoms with Crippen LogP contribution in [-0.2, 0) is 13.0 Å². The Morgan fingerprint density at radius 2 is 2.32 bits per heavy atom. The first-order valence-corrected chi connectivity index (χ1v) is 6.81. The highest BCUT2D eigenvalue weighted by atomic mass is 16.3. The van der Waals surface area contributed by atoms with Gasteiger partial charge in [0.1, 0.15) is 0 Å². The summed E-state index contributed by atoms with van der Waals surface area (Å²) in [4.78, 5) is 0. The summed E-state index contributed by atoms with van der Waals surface area (Å²) in [5.74, 6) is 0. The molecule has 2 aromatic rings. The zero-order chi connectivity index (χ0) is 13.6. The van der Waals surface area contributed by atoms with Crippen LogP contribution in [0.15, 0.2) is 18.5 Å². The second kappa shape index (κ2) is 4.23. The van der Waals surface area contributed by atoms with Crippen molar-refractivity contribution in [3.05, 3.63) is 41.0 Å². The molecule has 0 aliphatic heterocycles. The van der Waals surface area contributed by atoms with Gasteiger partial charge in [-0.1, -0.05) is 13.8 Å². The smallest absolute Gasteiger partial charge is 0.0812 e. The molecule has 3 rings (SSSR count). The van der Waals surface area contributed by atoms with E-state index in [2.05, 4.69) is 41.6 Å². The van der Waals surface area contributed by atoms with Gasteiger partial charge in [0.15, 0.2) is 0 Å². The van der Waals surface area contributed by atoms with Gasteiger partial charge in [0, 0.05) is 28.7 Å². The third kappa shape index (κ3) is 2.21. The lowest BCUT2D eigenvalue weighted by Crippen LogP contribution is -2.27. The van der Waals surface area contributed by atoms with Crippen molar-refractivity contribution in [2.24, 2.45) is 5.41 Å². The molecule has 2 aromatic heterocycles. The summed E-state index contributed by atoms with van der Waals surface area (Å²) in [6.07, 6.45) is 5.32. The molecule has 102 valence electrons. The van der Waals surface area contributed by atoms with Gasteiger partial charge in [-0.2, -0.15) is 5.10 Å². The number of aliphatic hydroxyl groups is 1. The SMILES string of the molecule is Cc1cc2c(n1Cc1cn[nH]c1)CC(C)(C)CC2O. The van der Waals surface area contributed by atoms with Crippen LogP contribution in [0.1, 0.15) is 48.9 Å². The maximum absolute atomic E-state index is 10.3. The van der Waals surface area contributed by atoms with Gasteiger partial charge in [-0.25, -0.2) is 0 Å². The zero-order valence-electron chi connectivity index (χ0n) is 11.8. The monoisotopic (exact) mass is 259 g/mol. The molecule has 0 radical (unpaired) electrons. The highest BCUT2D eigenvalue weighted by Gasteiger charge is 2.33. The number of hydrogen-bond acceptors (Lipinski definition) is 2. The van der Waals surface area contributed by atoms with E-state index in [0.29, 0.717) is 0 Å².